The molecule has 2 amide bonds. The monoisotopic (exact) mass is 289 g/mol. The highest BCUT2D eigenvalue weighted by Crippen LogP contribution is 2.36. The maximum atomic E-state index is 12.4. The number of carboxylic acids is 1. The summed E-state index contributed by atoms with van der Waals surface area (Å²) in [6.07, 6.45) is 1.81. The van der Waals surface area contributed by atoms with Crippen LogP contribution in [0, 0.1) is 0 Å². The average molecular weight is 289 g/mol. The van der Waals surface area contributed by atoms with E-state index in [1.54, 1.807) is 17.0 Å². The Balaban J connectivity index is 1.76. The lowest BCUT2D eigenvalue weighted by atomic mass is 10.0. The van der Waals surface area contributed by atoms with Crippen LogP contribution in [0.2, 0.25) is 0 Å². The number of anilines is 1. The van der Waals surface area contributed by atoms with E-state index in [0.717, 1.165) is 25.9 Å². The molecule has 1 fully saturated rings. The van der Waals surface area contributed by atoms with Crippen LogP contribution in [0.25, 0.3) is 0 Å². The summed E-state index contributed by atoms with van der Waals surface area (Å²) in [6.45, 7) is 2.00. The van der Waals surface area contributed by atoms with Crippen molar-refractivity contribution in [3.63, 3.8) is 0 Å². The molecule has 2 aliphatic heterocycles. The number of aliphatic carboxylic acids is 1. The smallest absolute Gasteiger partial charge is 0.322 e. The Labute approximate surface area is 123 Å². The van der Waals surface area contributed by atoms with Gasteiger partial charge in [0.25, 0.3) is 0 Å². The number of urea groups is 1. The highest BCUT2D eigenvalue weighted by Gasteiger charge is 2.36. The average Bonchev–Trinajstić information content (AvgIpc) is 2.88. The Kier molecular flexibility index (Phi) is 3.79. The summed E-state index contributed by atoms with van der Waals surface area (Å²) in [5.41, 5.74) is 1.42. The van der Waals surface area contributed by atoms with Crippen LogP contribution >= 0.6 is 0 Å². The molecule has 1 aromatic rings. The predicted octanol–water partition coefficient (Wildman–Crippen LogP) is 1.14. The van der Waals surface area contributed by atoms with Crippen LogP contribution in [0.5, 0.6) is 0 Å². The van der Waals surface area contributed by atoms with Crippen molar-refractivity contribution in [3.05, 3.63) is 29.8 Å². The third kappa shape index (κ3) is 2.71. The summed E-state index contributed by atoms with van der Waals surface area (Å²) in [5, 5.41) is 15.6. The normalized spacial score (nSPS) is 21.9. The lowest BCUT2D eigenvalue weighted by molar-refractivity contribution is -0.138. The minimum atomic E-state index is -0.889. The second kappa shape index (κ2) is 5.73. The fraction of sp³-hybridized carbons (Fsp3) is 0.467. The van der Waals surface area contributed by atoms with Crippen molar-refractivity contribution in [2.24, 2.45) is 0 Å². The van der Waals surface area contributed by atoms with E-state index in [2.05, 4.69) is 10.6 Å². The molecule has 1 aromatic carbocycles. The molecule has 2 heterocycles. The van der Waals surface area contributed by atoms with Crippen molar-refractivity contribution >= 4 is 17.7 Å². The summed E-state index contributed by atoms with van der Waals surface area (Å²) in [6, 6.07) is 7.19. The number of fused-ring (bicyclic) bond motifs is 1. The van der Waals surface area contributed by atoms with Crippen molar-refractivity contribution < 1.29 is 14.7 Å². The topological polar surface area (TPSA) is 81.7 Å². The van der Waals surface area contributed by atoms with Gasteiger partial charge in [-0.1, -0.05) is 18.2 Å². The van der Waals surface area contributed by atoms with Gasteiger partial charge in [0, 0.05) is 18.3 Å². The minimum Gasteiger partial charge on any atom is -0.481 e. The first kappa shape index (κ1) is 13.9. The molecule has 6 heteroatoms. The Bertz CT molecular complexity index is 555. The van der Waals surface area contributed by atoms with Crippen molar-refractivity contribution in [2.75, 3.05) is 24.5 Å². The van der Waals surface area contributed by atoms with Gasteiger partial charge in [-0.3, -0.25) is 9.69 Å². The number of nitrogens with zero attached hydrogens (tertiary/aromatic N) is 1. The number of carbonyl (C=O) groups is 2. The van der Waals surface area contributed by atoms with Crippen LogP contribution in [0.15, 0.2) is 24.3 Å². The summed E-state index contributed by atoms with van der Waals surface area (Å²) in [5.74, 6) is -1.53. The molecule has 0 aliphatic carbocycles. The molecule has 1 saturated heterocycles. The maximum absolute atomic E-state index is 12.4. The molecule has 2 aliphatic rings. The number of carbonyl (C=O) groups excluding carboxylic acids is 1. The van der Waals surface area contributed by atoms with Crippen LogP contribution in [-0.4, -0.2) is 42.8 Å². The van der Waals surface area contributed by atoms with Crippen LogP contribution in [0.1, 0.15) is 24.3 Å². The molecule has 0 bridgehead atoms. The van der Waals surface area contributed by atoms with Crippen LogP contribution in [0.4, 0.5) is 10.5 Å². The number of rotatable bonds is 2. The number of hydrogen-bond acceptors (Lipinski definition) is 3. The first-order valence-electron chi connectivity index (χ1n) is 7.27. The van der Waals surface area contributed by atoms with Crippen molar-refractivity contribution in [2.45, 2.75) is 24.8 Å². The van der Waals surface area contributed by atoms with E-state index < -0.39 is 11.9 Å². The molecule has 0 aromatic heterocycles. The van der Waals surface area contributed by atoms with E-state index in [1.165, 1.54) is 0 Å². The SMILES string of the molecule is O=C(O)C1CN(C(=O)NC2CCNCC2)c2ccccc21. The lowest BCUT2D eigenvalue weighted by Crippen LogP contribution is -2.48. The molecular formula is C15H19N3O3. The van der Waals surface area contributed by atoms with Crippen LogP contribution < -0.4 is 15.5 Å². The molecule has 0 radical (unpaired) electrons. The highest BCUT2D eigenvalue weighted by molar-refractivity contribution is 5.98. The Hall–Kier alpha value is -2.08. The first-order chi connectivity index (χ1) is 10.2. The third-order valence-corrected chi connectivity index (χ3v) is 4.18. The number of amides is 2. The summed E-state index contributed by atoms with van der Waals surface area (Å²) >= 11 is 0. The Morgan fingerprint density at radius 3 is 2.67 bits per heavy atom. The Morgan fingerprint density at radius 2 is 1.95 bits per heavy atom. The van der Waals surface area contributed by atoms with Crippen LogP contribution in [0.3, 0.4) is 0 Å². The molecule has 1 unspecified atom stereocenters. The first-order valence-corrected chi connectivity index (χ1v) is 7.27. The zero-order valence-electron chi connectivity index (χ0n) is 11.7. The Morgan fingerprint density at radius 1 is 1.24 bits per heavy atom. The molecule has 112 valence electrons. The van der Waals surface area contributed by atoms with E-state index in [-0.39, 0.29) is 18.6 Å². The van der Waals surface area contributed by atoms with Crippen LogP contribution in [-0.2, 0) is 4.79 Å². The number of carboxylic acid groups (broad SMARTS) is 1. The molecule has 0 spiro atoms. The van der Waals surface area contributed by atoms with Crippen molar-refractivity contribution in [1.29, 1.82) is 0 Å². The molecular weight excluding hydrogens is 270 g/mol. The third-order valence-electron chi connectivity index (χ3n) is 4.18. The predicted molar refractivity (Wildman–Crippen MR) is 78.6 cm³/mol. The van der Waals surface area contributed by atoms with E-state index in [4.69, 9.17) is 0 Å². The number of hydrogen-bond donors (Lipinski definition) is 3. The molecule has 1 atom stereocenters. The molecule has 0 saturated carbocycles. The van der Waals surface area contributed by atoms with Crippen molar-refractivity contribution in [1.82, 2.24) is 10.6 Å². The van der Waals surface area contributed by atoms with Gasteiger partial charge in [0.15, 0.2) is 0 Å². The second-order valence-corrected chi connectivity index (χ2v) is 5.53. The molecule has 3 N–H and O–H groups in total. The summed E-state index contributed by atoms with van der Waals surface area (Å²) in [7, 11) is 0. The quantitative estimate of drug-likeness (QED) is 0.762. The van der Waals surface area contributed by atoms with E-state index in [1.807, 2.05) is 12.1 Å². The number of nitrogens with one attached hydrogen (secondary N) is 2. The van der Waals surface area contributed by atoms with Gasteiger partial charge in [-0.05, 0) is 37.6 Å². The maximum Gasteiger partial charge on any atom is 0.322 e. The van der Waals surface area contributed by atoms with Crippen molar-refractivity contribution in [3.8, 4) is 0 Å². The minimum absolute atomic E-state index is 0.162. The number of piperidine rings is 1. The van der Waals surface area contributed by atoms with Gasteiger partial charge in [-0.25, -0.2) is 4.79 Å². The van der Waals surface area contributed by atoms with Gasteiger partial charge in [0.05, 0.1) is 0 Å². The fourth-order valence-electron chi connectivity index (χ4n) is 3.03. The number of benzene rings is 1. The zero-order valence-corrected chi connectivity index (χ0v) is 11.7. The second-order valence-electron chi connectivity index (χ2n) is 5.53. The van der Waals surface area contributed by atoms with Gasteiger partial charge in [-0.15, -0.1) is 0 Å². The zero-order chi connectivity index (χ0) is 14.8. The molecule has 21 heavy (non-hydrogen) atoms. The van der Waals surface area contributed by atoms with E-state index in [0.29, 0.717) is 11.3 Å². The lowest BCUT2D eigenvalue weighted by Gasteiger charge is -2.27. The standard InChI is InChI=1S/C15H19N3O3/c19-14(20)12-9-18(13-4-2-1-3-11(12)13)15(21)17-10-5-7-16-8-6-10/h1-4,10,12,16H,5-9H2,(H,17,21)(H,19,20). The largest absolute Gasteiger partial charge is 0.481 e. The van der Waals surface area contributed by atoms with E-state index in [9.17, 15) is 14.7 Å². The highest BCUT2D eigenvalue weighted by atomic mass is 16.4. The van der Waals surface area contributed by atoms with Gasteiger partial charge in [-0.2, -0.15) is 0 Å². The number of para-hydroxylation sites is 1. The summed E-state index contributed by atoms with van der Waals surface area (Å²) in [4.78, 5) is 25.4. The summed E-state index contributed by atoms with van der Waals surface area (Å²) < 4.78 is 0. The molecule has 6 nitrogen and oxygen atoms in total. The van der Waals surface area contributed by atoms with Gasteiger partial charge in [0.2, 0.25) is 0 Å². The van der Waals surface area contributed by atoms with Gasteiger partial charge >= 0.3 is 12.0 Å². The van der Waals surface area contributed by atoms with E-state index >= 15 is 0 Å². The fourth-order valence-corrected chi connectivity index (χ4v) is 3.03. The van der Waals surface area contributed by atoms with Gasteiger partial charge in [0.1, 0.15) is 5.92 Å². The van der Waals surface area contributed by atoms with Gasteiger partial charge < -0.3 is 15.7 Å². The molecule has 3 rings (SSSR count).